The molecule has 3 rings (SSSR count). The highest BCUT2D eigenvalue weighted by atomic mass is 16.7. The number of methoxy groups -OCH3 is 3. The zero-order valence-corrected chi connectivity index (χ0v) is 26.8. The summed E-state index contributed by atoms with van der Waals surface area (Å²) in [5.74, 6) is 2.17. The molecular formula is C34H58O6. The first-order valence-electron chi connectivity index (χ1n) is 15.5. The highest BCUT2D eigenvalue weighted by molar-refractivity contribution is 5.42. The van der Waals surface area contributed by atoms with Gasteiger partial charge in [-0.25, -0.2) is 0 Å². The third-order valence-electron chi connectivity index (χ3n) is 10.2. The first-order chi connectivity index (χ1) is 19.0. The van der Waals surface area contributed by atoms with Crippen molar-refractivity contribution in [3.63, 3.8) is 0 Å². The molecule has 40 heavy (non-hydrogen) atoms. The van der Waals surface area contributed by atoms with Crippen LogP contribution in [0.2, 0.25) is 0 Å². The second kappa shape index (κ2) is 14.9. The van der Waals surface area contributed by atoms with Crippen LogP contribution in [-0.2, 0) is 28.4 Å². The summed E-state index contributed by atoms with van der Waals surface area (Å²) in [4.78, 5) is 0. The molecule has 0 amide bonds. The van der Waals surface area contributed by atoms with Crippen molar-refractivity contribution in [2.24, 2.45) is 23.2 Å². The lowest BCUT2D eigenvalue weighted by Gasteiger charge is -2.44. The number of hydrogen-bond acceptors (Lipinski definition) is 6. The number of rotatable bonds is 15. The van der Waals surface area contributed by atoms with E-state index in [-0.39, 0.29) is 25.3 Å². The molecule has 0 unspecified atom stereocenters. The molecule has 0 bridgehead atoms. The Labute approximate surface area is 244 Å². The van der Waals surface area contributed by atoms with Gasteiger partial charge in [-0.1, -0.05) is 51.0 Å². The van der Waals surface area contributed by atoms with Crippen molar-refractivity contribution < 1.29 is 28.4 Å². The summed E-state index contributed by atoms with van der Waals surface area (Å²) in [6.07, 6.45) is 16.3. The minimum Gasteiger partial charge on any atom is -0.359 e. The quantitative estimate of drug-likeness (QED) is 0.189. The molecule has 0 aromatic carbocycles. The molecule has 6 nitrogen and oxygen atoms in total. The first kappa shape index (κ1) is 33.5. The summed E-state index contributed by atoms with van der Waals surface area (Å²) in [6, 6.07) is 0. The Kier molecular flexibility index (Phi) is 12.5. The Morgan fingerprint density at radius 2 is 1.75 bits per heavy atom. The second-order valence-corrected chi connectivity index (χ2v) is 13.6. The SMILES string of the molecule is C=C1/C(=C\C=C2/CCC[C@]3(C)[C@@H]([C@H](C)CCCC(C)(C)OCOC)CC[C@@H]23)C[C@@H](OCOC)C[C@]1(C)OCOC. The van der Waals surface area contributed by atoms with E-state index in [9.17, 15) is 0 Å². The molecule has 0 heterocycles. The van der Waals surface area contributed by atoms with Crippen molar-refractivity contribution in [2.75, 3.05) is 41.7 Å². The van der Waals surface area contributed by atoms with Crippen molar-refractivity contribution in [1.29, 1.82) is 0 Å². The van der Waals surface area contributed by atoms with Gasteiger partial charge >= 0.3 is 0 Å². The summed E-state index contributed by atoms with van der Waals surface area (Å²) in [5, 5.41) is 0. The van der Waals surface area contributed by atoms with E-state index in [1.165, 1.54) is 50.5 Å². The second-order valence-electron chi connectivity index (χ2n) is 13.6. The van der Waals surface area contributed by atoms with Crippen LogP contribution in [-0.4, -0.2) is 59.0 Å². The maximum absolute atomic E-state index is 6.14. The van der Waals surface area contributed by atoms with Gasteiger partial charge in [0.2, 0.25) is 0 Å². The lowest BCUT2D eigenvalue weighted by molar-refractivity contribution is -0.144. The van der Waals surface area contributed by atoms with Crippen LogP contribution in [0.1, 0.15) is 98.8 Å². The molecule has 3 aliphatic rings. The number of hydrogen-bond donors (Lipinski definition) is 0. The third kappa shape index (κ3) is 8.29. The van der Waals surface area contributed by atoms with Crippen LogP contribution < -0.4 is 0 Å². The van der Waals surface area contributed by atoms with Crippen molar-refractivity contribution in [3.8, 4) is 0 Å². The lowest BCUT2D eigenvalue weighted by Crippen LogP contribution is -2.42. The maximum atomic E-state index is 6.14. The zero-order chi connectivity index (χ0) is 29.4. The van der Waals surface area contributed by atoms with Crippen LogP contribution in [0.5, 0.6) is 0 Å². The van der Waals surface area contributed by atoms with Crippen LogP contribution in [0, 0.1) is 23.2 Å². The van der Waals surface area contributed by atoms with Crippen molar-refractivity contribution in [1.82, 2.24) is 0 Å². The molecule has 6 atom stereocenters. The Balaban J connectivity index is 1.71. The monoisotopic (exact) mass is 562 g/mol. The van der Waals surface area contributed by atoms with Crippen molar-refractivity contribution >= 4 is 0 Å². The predicted octanol–water partition coefficient (Wildman–Crippen LogP) is 7.98. The van der Waals surface area contributed by atoms with Gasteiger partial charge in [0, 0.05) is 27.8 Å². The van der Waals surface area contributed by atoms with Crippen molar-refractivity contribution in [2.45, 2.75) is 116 Å². The molecule has 0 aromatic heterocycles. The third-order valence-corrected chi connectivity index (χ3v) is 10.2. The van der Waals surface area contributed by atoms with Crippen LogP contribution in [0.15, 0.2) is 35.5 Å². The fourth-order valence-electron chi connectivity index (χ4n) is 7.89. The smallest absolute Gasteiger partial charge is 0.147 e. The van der Waals surface area contributed by atoms with E-state index >= 15 is 0 Å². The topological polar surface area (TPSA) is 55.4 Å². The standard InChI is InChI=1S/C34H58O6/c1-25(12-10-18-32(3,4)39-23-36-8)30-16-17-31-27(13-11-19-33(30,31)5)14-15-28-20-29(38-22-35-7)21-34(6,26(28)2)40-24-37-9/h14-15,25,29-31H,2,10-13,16-24H2,1,3-9H3/b27-14+,28-15-/t25-,29-,30-,31+,33-,34+/m1/s1. The lowest BCUT2D eigenvalue weighted by atomic mass is 9.60. The average Bonchev–Trinajstić information content (AvgIpc) is 3.28. The summed E-state index contributed by atoms with van der Waals surface area (Å²) in [5.41, 5.74) is 3.60. The van der Waals surface area contributed by atoms with E-state index in [2.05, 4.69) is 53.3 Å². The highest BCUT2D eigenvalue weighted by Gasteiger charge is 2.50. The zero-order valence-electron chi connectivity index (χ0n) is 26.8. The average molecular weight is 563 g/mol. The Bertz CT molecular complexity index is 878. The van der Waals surface area contributed by atoms with E-state index < -0.39 is 5.60 Å². The molecule has 0 saturated heterocycles. The van der Waals surface area contributed by atoms with E-state index in [0.717, 1.165) is 36.7 Å². The summed E-state index contributed by atoms with van der Waals surface area (Å²) >= 11 is 0. The largest absolute Gasteiger partial charge is 0.359 e. The molecule has 6 heteroatoms. The summed E-state index contributed by atoms with van der Waals surface area (Å²) in [7, 11) is 5.01. The highest BCUT2D eigenvalue weighted by Crippen LogP contribution is 2.60. The van der Waals surface area contributed by atoms with Gasteiger partial charge in [0.1, 0.15) is 20.4 Å². The Morgan fingerprint density at radius 3 is 2.45 bits per heavy atom. The molecule has 0 N–H and O–H groups in total. The normalized spacial score (nSPS) is 34.0. The van der Waals surface area contributed by atoms with E-state index in [0.29, 0.717) is 18.1 Å². The van der Waals surface area contributed by atoms with Gasteiger partial charge in [-0.05, 0) is 100 Å². The molecular weight excluding hydrogens is 504 g/mol. The molecule has 0 aliphatic heterocycles. The Hall–Kier alpha value is -1.02. The molecule has 3 aliphatic carbocycles. The molecule has 0 aromatic rings. The predicted molar refractivity (Wildman–Crippen MR) is 161 cm³/mol. The van der Waals surface area contributed by atoms with Crippen LogP contribution in [0.3, 0.4) is 0 Å². The molecule has 3 fully saturated rings. The summed E-state index contributed by atoms with van der Waals surface area (Å²) in [6.45, 7) is 16.9. The van der Waals surface area contributed by atoms with Gasteiger partial charge in [0.25, 0.3) is 0 Å². The van der Waals surface area contributed by atoms with Crippen LogP contribution in [0.4, 0.5) is 0 Å². The number of fused-ring (bicyclic) bond motifs is 1. The van der Waals surface area contributed by atoms with E-state index in [4.69, 9.17) is 28.4 Å². The first-order valence-corrected chi connectivity index (χ1v) is 15.5. The Morgan fingerprint density at radius 1 is 1.02 bits per heavy atom. The maximum Gasteiger partial charge on any atom is 0.147 e. The van der Waals surface area contributed by atoms with Gasteiger partial charge < -0.3 is 28.4 Å². The van der Waals surface area contributed by atoms with Crippen LogP contribution >= 0.6 is 0 Å². The molecule has 3 saturated carbocycles. The summed E-state index contributed by atoms with van der Waals surface area (Å²) < 4.78 is 33.6. The minimum atomic E-state index is -0.519. The van der Waals surface area contributed by atoms with E-state index in [1.807, 2.05) is 0 Å². The van der Waals surface area contributed by atoms with E-state index in [1.54, 1.807) is 26.9 Å². The van der Waals surface area contributed by atoms with Gasteiger partial charge in [-0.3, -0.25) is 0 Å². The van der Waals surface area contributed by atoms with Gasteiger partial charge in [0.05, 0.1) is 17.3 Å². The van der Waals surface area contributed by atoms with Gasteiger partial charge in [-0.15, -0.1) is 0 Å². The van der Waals surface area contributed by atoms with Crippen LogP contribution in [0.25, 0.3) is 0 Å². The number of ether oxygens (including phenoxy) is 6. The molecule has 0 radical (unpaired) electrons. The van der Waals surface area contributed by atoms with Gasteiger partial charge in [0.15, 0.2) is 0 Å². The minimum absolute atomic E-state index is 0.0233. The fraction of sp³-hybridized carbons (Fsp3) is 0.824. The fourth-order valence-corrected chi connectivity index (χ4v) is 7.89. The molecule has 230 valence electrons. The number of allylic oxidation sites excluding steroid dienone is 3. The van der Waals surface area contributed by atoms with Crippen molar-refractivity contribution in [3.05, 3.63) is 35.5 Å². The molecule has 0 spiro atoms. The van der Waals surface area contributed by atoms with Gasteiger partial charge in [-0.2, -0.15) is 0 Å².